The molecule has 1 saturated heterocycles. The summed E-state index contributed by atoms with van der Waals surface area (Å²) < 4.78 is 0. The van der Waals surface area contributed by atoms with E-state index in [1.54, 1.807) is 6.07 Å². The molecule has 1 heterocycles. The summed E-state index contributed by atoms with van der Waals surface area (Å²) in [5, 5.41) is 3.47. The van der Waals surface area contributed by atoms with Gasteiger partial charge in [-0.3, -0.25) is 4.79 Å². The Morgan fingerprint density at radius 3 is 2.43 bits per heavy atom. The third-order valence-corrected chi connectivity index (χ3v) is 5.34. The number of hydrogen-bond acceptors (Lipinski definition) is 2. The highest BCUT2D eigenvalue weighted by atomic mass is 16.1. The molecule has 1 aliphatic rings. The van der Waals surface area contributed by atoms with Crippen LogP contribution in [-0.4, -0.2) is 19.0 Å². The molecular weight excluding hydrogens is 284 g/mol. The van der Waals surface area contributed by atoms with Gasteiger partial charge in [-0.2, -0.15) is 0 Å². The molecule has 1 amide bonds. The molecule has 0 radical (unpaired) electrons. The Kier molecular flexibility index (Phi) is 4.49. The molecule has 1 aliphatic heterocycles. The highest BCUT2D eigenvalue weighted by Crippen LogP contribution is 2.45. The van der Waals surface area contributed by atoms with E-state index < -0.39 is 0 Å². The predicted molar refractivity (Wildman–Crippen MR) is 93.6 cm³/mol. The third-order valence-electron chi connectivity index (χ3n) is 5.34. The average molecular weight is 308 g/mol. The fraction of sp³-hybridized carbons (Fsp3) is 0.350. The first-order chi connectivity index (χ1) is 11.1. The molecule has 0 saturated carbocycles. The van der Waals surface area contributed by atoms with Crippen LogP contribution in [0.15, 0.2) is 54.6 Å². The highest BCUT2D eigenvalue weighted by molar-refractivity contribution is 5.92. The number of piperidine rings is 1. The van der Waals surface area contributed by atoms with Crippen molar-refractivity contribution in [1.82, 2.24) is 5.32 Å². The van der Waals surface area contributed by atoms with E-state index >= 15 is 0 Å². The maximum atomic E-state index is 11.5. The van der Waals surface area contributed by atoms with Crippen LogP contribution < -0.4 is 11.1 Å². The largest absolute Gasteiger partial charge is 0.366 e. The quantitative estimate of drug-likeness (QED) is 0.911. The van der Waals surface area contributed by atoms with Crippen molar-refractivity contribution < 1.29 is 4.79 Å². The Labute approximate surface area is 137 Å². The van der Waals surface area contributed by atoms with Gasteiger partial charge in [0.05, 0.1) is 0 Å². The maximum Gasteiger partial charge on any atom is 0.248 e. The molecule has 0 bridgehead atoms. The van der Waals surface area contributed by atoms with Gasteiger partial charge in [-0.25, -0.2) is 0 Å². The number of rotatable bonds is 4. The predicted octanol–water partition coefficient (Wildman–Crippen LogP) is 3.21. The molecule has 3 heteroatoms. The summed E-state index contributed by atoms with van der Waals surface area (Å²) in [6.45, 7) is 4.32. The van der Waals surface area contributed by atoms with Gasteiger partial charge in [-0.15, -0.1) is 0 Å². The standard InChI is InChI=1S/C20H24N2O/c1-15(16-6-5-7-17(14-16)19(21)23)20(10-12-22-13-11-20)18-8-3-2-4-9-18/h2-9,14-15,22H,10-13H2,1H3,(H2,21,23). The summed E-state index contributed by atoms with van der Waals surface area (Å²) in [4.78, 5) is 11.5. The lowest BCUT2D eigenvalue weighted by Gasteiger charge is -2.43. The van der Waals surface area contributed by atoms with Crippen molar-refractivity contribution in [2.75, 3.05) is 13.1 Å². The lowest BCUT2D eigenvalue weighted by Crippen LogP contribution is -2.43. The van der Waals surface area contributed by atoms with Crippen molar-refractivity contribution in [3.05, 3.63) is 71.3 Å². The van der Waals surface area contributed by atoms with Crippen LogP contribution in [0, 0.1) is 0 Å². The number of carbonyl (C=O) groups is 1. The minimum absolute atomic E-state index is 0.1000. The van der Waals surface area contributed by atoms with Gasteiger partial charge in [0.2, 0.25) is 5.91 Å². The lowest BCUT2D eigenvalue weighted by atomic mass is 9.63. The fourth-order valence-electron chi connectivity index (χ4n) is 3.89. The normalized spacial score (nSPS) is 18.3. The van der Waals surface area contributed by atoms with Crippen molar-refractivity contribution in [1.29, 1.82) is 0 Å². The smallest absolute Gasteiger partial charge is 0.248 e. The number of nitrogens with one attached hydrogen (secondary N) is 1. The van der Waals surface area contributed by atoms with Crippen LogP contribution >= 0.6 is 0 Å². The molecule has 23 heavy (non-hydrogen) atoms. The van der Waals surface area contributed by atoms with Crippen LogP contribution in [0.5, 0.6) is 0 Å². The summed E-state index contributed by atoms with van der Waals surface area (Å²) >= 11 is 0. The first-order valence-corrected chi connectivity index (χ1v) is 8.29. The van der Waals surface area contributed by atoms with E-state index in [0.29, 0.717) is 11.5 Å². The van der Waals surface area contributed by atoms with Gasteiger partial charge >= 0.3 is 0 Å². The van der Waals surface area contributed by atoms with Crippen LogP contribution in [0.1, 0.15) is 47.2 Å². The topological polar surface area (TPSA) is 55.1 Å². The third kappa shape index (κ3) is 3.02. The molecule has 1 fully saturated rings. The van der Waals surface area contributed by atoms with E-state index in [9.17, 15) is 4.79 Å². The van der Waals surface area contributed by atoms with E-state index in [1.165, 1.54) is 11.1 Å². The lowest BCUT2D eigenvalue weighted by molar-refractivity contribution is 0.1000. The van der Waals surface area contributed by atoms with Crippen molar-refractivity contribution in [2.24, 2.45) is 5.73 Å². The molecule has 0 spiro atoms. The summed E-state index contributed by atoms with van der Waals surface area (Å²) in [6.07, 6.45) is 2.19. The van der Waals surface area contributed by atoms with E-state index in [-0.39, 0.29) is 11.3 Å². The average Bonchev–Trinajstić information content (AvgIpc) is 2.62. The SMILES string of the molecule is CC(c1cccc(C(N)=O)c1)C1(c2ccccc2)CCNCC1. The highest BCUT2D eigenvalue weighted by Gasteiger charge is 2.39. The molecule has 1 unspecified atom stereocenters. The van der Waals surface area contributed by atoms with Crippen LogP contribution in [0.2, 0.25) is 0 Å². The molecule has 3 rings (SSSR count). The zero-order valence-electron chi connectivity index (χ0n) is 13.6. The van der Waals surface area contributed by atoms with Gasteiger partial charge in [-0.05, 0) is 55.1 Å². The Balaban J connectivity index is 2.03. The van der Waals surface area contributed by atoms with Gasteiger partial charge < -0.3 is 11.1 Å². The van der Waals surface area contributed by atoms with E-state index in [2.05, 4.69) is 48.6 Å². The van der Waals surface area contributed by atoms with Crippen molar-refractivity contribution in [3.8, 4) is 0 Å². The molecule has 2 aromatic rings. The molecule has 0 aliphatic carbocycles. The summed E-state index contributed by atoms with van der Waals surface area (Å²) in [7, 11) is 0. The molecule has 120 valence electrons. The molecule has 1 atom stereocenters. The first kappa shape index (κ1) is 15.8. The van der Waals surface area contributed by atoms with Crippen LogP contribution in [0.3, 0.4) is 0 Å². The van der Waals surface area contributed by atoms with Crippen molar-refractivity contribution in [3.63, 3.8) is 0 Å². The van der Waals surface area contributed by atoms with E-state index in [4.69, 9.17) is 5.73 Å². The molecule has 3 N–H and O–H groups in total. The number of primary amides is 1. The summed E-state index contributed by atoms with van der Waals surface area (Å²) in [5.74, 6) is -0.0376. The number of nitrogens with two attached hydrogens (primary N) is 1. The zero-order valence-corrected chi connectivity index (χ0v) is 13.6. The number of carbonyl (C=O) groups excluding carboxylic acids is 1. The second-order valence-electron chi connectivity index (χ2n) is 6.48. The minimum atomic E-state index is -0.363. The van der Waals surface area contributed by atoms with Gasteiger partial charge in [0.1, 0.15) is 0 Å². The number of amides is 1. The van der Waals surface area contributed by atoms with Crippen LogP contribution in [0.4, 0.5) is 0 Å². The van der Waals surface area contributed by atoms with E-state index in [0.717, 1.165) is 25.9 Å². The Morgan fingerprint density at radius 1 is 1.09 bits per heavy atom. The molecule has 2 aromatic carbocycles. The Morgan fingerprint density at radius 2 is 1.78 bits per heavy atom. The fourth-order valence-corrected chi connectivity index (χ4v) is 3.89. The Hall–Kier alpha value is -2.13. The Bertz CT molecular complexity index is 675. The summed E-state index contributed by atoms with van der Waals surface area (Å²) in [6, 6.07) is 18.6. The number of benzene rings is 2. The molecule has 0 aromatic heterocycles. The first-order valence-electron chi connectivity index (χ1n) is 8.29. The van der Waals surface area contributed by atoms with Crippen molar-refractivity contribution in [2.45, 2.75) is 31.1 Å². The number of hydrogen-bond donors (Lipinski definition) is 2. The second kappa shape index (κ2) is 6.55. The zero-order chi connectivity index (χ0) is 16.3. The second-order valence-corrected chi connectivity index (χ2v) is 6.48. The van der Waals surface area contributed by atoms with Gasteiger partial charge in [0, 0.05) is 11.0 Å². The van der Waals surface area contributed by atoms with Crippen LogP contribution in [0.25, 0.3) is 0 Å². The van der Waals surface area contributed by atoms with E-state index in [1.807, 2.05) is 12.1 Å². The minimum Gasteiger partial charge on any atom is -0.366 e. The van der Waals surface area contributed by atoms with Crippen LogP contribution in [-0.2, 0) is 5.41 Å². The monoisotopic (exact) mass is 308 g/mol. The van der Waals surface area contributed by atoms with Gasteiger partial charge in [0.15, 0.2) is 0 Å². The molecule has 3 nitrogen and oxygen atoms in total. The summed E-state index contributed by atoms with van der Waals surface area (Å²) in [5.41, 5.74) is 8.72. The molecular formula is C20H24N2O. The van der Waals surface area contributed by atoms with Crippen molar-refractivity contribution >= 4 is 5.91 Å². The van der Waals surface area contributed by atoms with Gasteiger partial charge in [0.25, 0.3) is 0 Å². The van der Waals surface area contributed by atoms with Gasteiger partial charge in [-0.1, -0.05) is 49.4 Å². The maximum absolute atomic E-state index is 11.5.